The Morgan fingerprint density at radius 2 is 1.97 bits per heavy atom. The number of amides is 2. The van der Waals surface area contributed by atoms with Gasteiger partial charge in [0.05, 0.1) is 18.6 Å². The zero-order valence-electron chi connectivity index (χ0n) is 20.5. The van der Waals surface area contributed by atoms with Gasteiger partial charge >= 0.3 is 0 Å². The van der Waals surface area contributed by atoms with E-state index in [1.165, 1.54) is 5.56 Å². The number of carbonyl (C=O) groups excluding carboxylic acids is 2. The van der Waals surface area contributed by atoms with Crippen LogP contribution in [0, 0.1) is 18.3 Å². The first-order valence-corrected chi connectivity index (χ1v) is 11.4. The number of pyridine rings is 1. The Balaban J connectivity index is 1.79. The third kappa shape index (κ3) is 5.46. The van der Waals surface area contributed by atoms with E-state index < -0.39 is 11.3 Å². The molecule has 178 valence electrons. The molecule has 7 nitrogen and oxygen atoms in total. The Morgan fingerprint density at radius 3 is 2.61 bits per heavy atom. The average Bonchev–Trinajstić information content (AvgIpc) is 2.76. The number of hydrogen-bond acceptors (Lipinski definition) is 5. The summed E-state index contributed by atoms with van der Waals surface area (Å²) >= 11 is 0. The van der Waals surface area contributed by atoms with Crippen LogP contribution in [0.5, 0.6) is 11.5 Å². The normalized spacial score (nSPS) is 15.8. The Hall–Kier alpha value is -3.09. The lowest BCUT2D eigenvalue weighted by Crippen LogP contribution is -2.45. The van der Waals surface area contributed by atoms with E-state index in [0.717, 1.165) is 29.1 Å². The van der Waals surface area contributed by atoms with Gasteiger partial charge in [-0.25, -0.2) is 0 Å². The molecule has 1 aromatic carbocycles. The van der Waals surface area contributed by atoms with Crippen molar-refractivity contribution in [2.24, 2.45) is 17.1 Å². The maximum absolute atomic E-state index is 13.1. The molecule has 33 heavy (non-hydrogen) atoms. The molecule has 2 amide bonds. The fourth-order valence-corrected chi connectivity index (χ4v) is 4.33. The maximum atomic E-state index is 13.1. The quantitative estimate of drug-likeness (QED) is 0.653. The molecule has 1 aromatic heterocycles. The highest BCUT2D eigenvalue weighted by atomic mass is 16.5. The first kappa shape index (κ1) is 24.6. The number of nitrogens with two attached hydrogens (primary N) is 1. The summed E-state index contributed by atoms with van der Waals surface area (Å²) in [4.78, 5) is 31.3. The summed E-state index contributed by atoms with van der Waals surface area (Å²) in [6, 6.07) is 9.80. The lowest BCUT2D eigenvalue weighted by atomic mass is 9.83. The molecule has 2 N–H and O–H groups in total. The van der Waals surface area contributed by atoms with Crippen LogP contribution in [-0.4, -0.2) is 35.4 Å². The lowest BCUT2D eigenvalue weighted by molar-refractivity contribution is -0.141. The molecule has 2 heterocycles. The van der Waals surface area contributed by atoms with E-state index in [0.29, 0.717) is 18.9 Å². The standard InChI is InChI=1S/C26H35N3O4/c1-16(2)24-20-9-8-19(33-15-21-22(32-6)10-7-17(3)28-21)13-18(20)11-12-29(24)23(30)14-26(4,5)25(27)31/h7-10,13,16,24H,11-12,14-15H2,1-6H3,(H2,27,31)/t24-/m0/s1. The molecule has 7 heteroatoms. The molecule has 0 aliphatic carbocycles. The highest BCUT2D eigenvalue weighted by Gasteiger charge is 2.37. The van der Waals surface area contributed by atoms with E-state index in [9.17, 15) is 9.59 Å². The average molecular weight is 454 g/mol. The summed E-state index contributed by atoms with van der Waals surface area (Å²) in [5, 5.41) is 0. The minimum Gasteiger partial charge on any atom is -0.495 e. The Labute approximate surface area is 196 Å². The smallest absolute Gasteiger partial charge is 0.224 e. The largest absolute Gasteiger partial charge is 0.495 e. The Kier molecular flexibility index (Phi) is 7.30. The van der Waals surface area contributed by atoms with E-state index in [1.54, 1.807) is 21.0 Å². The fraction of sp³-hybridized carbons (Fsp3) is 0.500. The van der Waals surface area contributed by atoms with Crippen LogP contribution in [0.4, 0.5) is 0 Å². The molecule has 0 saturated heterocycles. The van der Waals surface area contributed by atoms with E-state index >= 15 is 0 Å². The molecule has 0 bridgehead atoms. The number of benzene rings is 1. The predicted molar refractivity (Wildman–Crippen MR) is 127 cm³/mol. The third-order valence-electron chi connectivity index (χ3n) is 6.27. The van der Waals surface area contributed by atoms with Gasteiger partial charge in [-0.15, -0.1) is 0 Å². The van der Waals surface area contributed by atoms with Crippen molar-refractivity contribution in [1.82, 2.24) is 9.88 Å². The SMILES string of the molecule is COc1ccc(C)nc1COc1ccc2c(c1)CCN(C(=O)CC(C)(C)C(N)=O)[C@H]2C(C)C. The number of fused-ring (bicyclic) bond motifs is 1. The first-order chi connectivity index (χ1) is 15.5. The number of methoxy groups -OCH3 is 1. The van der Waals surface area contributed by atoms with E-state index in [2.05, 4.69) is 31.0 Å². The highest BCUT2D eigenvalue weighted by molar-refractivity contribution is 5.87. The van der Waals surface area contributed by atoms with Crippen LogP contribution in [0.3, 0.4) is 0 Å². The van der Waals surface area contributed by atoms with Crippen LogP contribution in [0.15, 0.2) is 30.3 Å². The van der Waals surface area contributed by atoms with Crippen LogP contribution in [0.1, 0.15) is 62.7 Å². The van der Waals surface area contributed by atoms with Crippen molar-refractivity contribution in [3.8, 4) is 11.5 Å². The Morgan fingerprint density at radius 1 is 1.24 bits per heavy atom. The van der Waals surface area contributed by atoms with Crippen LogP contribution in [0.2, 0.25) is 0 Å². The van der Waals surface area contributed by atoms with Gasteiger partial charge in [0.1, 0.15) is 23.8 Å². The van der Waals surface area contributed by atoms with Gasteiger partial charge in [-0.05, 0) is 54.7 Å². The first-order valence-electron chi connectivity index (χ1n) is 11.4. The second-order valence-electron chi connectivity index (χ2n) is 9.70. The molecule has 0 fully saturated rings. The molecule has 1 atom stereocenters. The van der Waals surface area contributed by atoms with E-state index in [-0.39, 0.29) is 24.3 Å². The summed E-state index contributed by atoms with van der Waals surface area (Å²) in [5.74, 6) is 1.18. The minimum absolute atomic E-state index is 0.0407. The molecule has 0 unspecified atom stereocenters. The molecular formula is C26H35N3O4. The second-order valence-corrected chi connectivity index (χ2v) is 9.70. The molecule has 1 aliphatic rings. The summed E-state index contributed by atoms with van der Waals surface area (Å²) < 4.78 is 11.4. The number of aromatic nitrogens is 1. The topological polar surface area (TPSA) is 94.8 Å². The summed E-state index contributed by atoms with van der Waals surface area (Å²) in [5.41, 5.74) is 8.58. The van der Waals surface area contributed by atoms with Crippen LogP contribution < -0.4 is 15.2 Å². The second kappa shape index (κ2) is 9.81. The number of nitrogens with zero attached hydrogens (tertiary/aromatic N) is 2. The number of rotatable bonds is 8. The van der Waals surface area contributed by atoms with Crippen molar-refractivity contribution in [1.29, 1.82) is 0 Å². The van der Waals surface area contributed by atoms with Crippen LogP contribution >= 0.6 is 0 Å². The predicted octanol–water partition coefficient (Wildman–Crippen LogP) is 3.96. The number of hydrogen-bond donors (Lipinski definition) is 1. The van der Waals surface area contributed by atoms with Crippen molar-refractivity contribution in [3.63, 3.8) is 0 Å². The van der Waals surface area contributed by atoms with Gasteiger partial charge in [0.25, 0.3) is 0 Å². The van der Waals surface area contributed by atoms with Gasteiger partial charge in [0, 0.05) is 18.7 Å². The van der Waals surface area contributed by atoms with Gasteiger partial charge in [-0.3, -0.25) is 14.6 Å². The Bertz CT molecular complexity index is 1030. The monoisotopic (exact) mass is 453 g/mol. The van der Waals surface area contributed by atoms with Crippen LogP contribution in [0.25, 0.3) is 0 Å². The highest BCUT2D eigenvalue weighted by Crippen LogP contribution is 2.38. The minimum atomic E-state index is -0.874. The molecule has 1 aliphatic heterocycles. The summed E-state index contributed by atoms with van der Waals surface area (Å²) in [6.45, 7) is 10.5. The van der Waals surface area contributed by atoms with Crippen molar-refractivity contribution in [2.75, 3.05) is 13.7 Å². The zero-order chi connectivity index (χ0) is 24.3. The maximum Gasteiger partial charge on any atom is 0.224 e. The van der Waals surface area contributed by atoms with Gasteiger partial charge in [-0.2, -0.15) is 0 Å². The van der Waals surface area contributed by atoms with E-state index in [1.807, 2.05) is 30.0 Å². The summed E-state index contributed by atoms with van der Waals surface area (Å²) in [7, 11) is 1.62. The number of ether oxygens (including phenoxy) is 2. The number of primary amides is 1. The molecule has 0 radical (unpaired) electrons. The van der Waals surface area contributed by atoms with Gasteiger partial charge in [-0.1, -0.05) is 33.8 Å². The zero-order valence-corrected chi connectivity index (χ0v) is 20.5. The molecular weight excluding hydrogens is 418 g/mol. The van der Waals surface area contributed by atoms with Gasteiger partial charge < -0.3 is 20.1 Å². The van der Waals surface area contributed by atoms with Gasteiger partial charge in [0.2, 0.25) is 11.8 Å². The lowest BCUT2D eigenvalue weighted by Gasteiger charge is -2.41. The van der Waals surface area contributed by atoms with Crippen molar-refractivity contribution < 1.29 is 19.1 Å². The number of carbonyl (C=O) groups is 2. The molecule has 3 rings (SSSR count). The third-order valence-corrected chi connectivity index (χ3v) is 6.27. The van der Waals surface area contributed by atoms with Crippen LogP contribution in [-0.2, 0) is 22.6 Å². The molecule has 2 aromatic rings. The van der Waals surface area contributed by atoms with Crippen molar-refractivity contribution in [3.05, 3.63) is 52.8 Å². The van der Waals surface area contributed by atoms with E-state index in [4.69, 9.17) is 15.2 Å². The van der Waals surface area contributed by atoms with Crippen molar-refractivity contribution in [2.45, 2.75) is 60.1 Å². The fourth-order valence-electron chi connectivity index (χ4n) is 4.33. The van der Waals surface area contributed by atoms with Crippen molar-refractivity contribution >= 4 is 11.8 Å². The number of aryl methyl sites for hydroxylation is 1. The summed E-state index contributed by atoms with van der Waals surface area (Å²) in [6.07, 6.45) is 0.831. The molecule has 0 spiro atoms. The van der Waals surface area contributed by atoms with Gasteiger partial charge in [0.15, 0.2) is 0 Å². The molecule has 0 saturated carbocycles.